The number of hydrogen-bond donors (Lipinski definition) is 3. The maximum absolute atomic E-state index is 11.7. The van der Waals surface area contributed by atoms with Crippen molar-refractivity contribution in [3.8, 4) is 0 Å². The number of amides is 1. The summed E-state index contributed by atoms with van der Waals surface area (Å²) in [7, 11) is 0. The molecule has 0 saturated carbocycles. The van der Waals surface area contributed by atoms with Gasteiger partial charge in [0.15, 0.2) is 5.96 Å². The lowest BCUT2D eigenvalue weighted by molar-refractivity contribution is 0.0957. The molecule has 0 unspecified atom stereocenters. The number of carbonyl (C=O) groups is 1. The first-order chi connectivity index (χ1) is 9.77. The summed E-state index contributed by atoms with van der Waals surface area (Å²) in [5, 5.41) is 11.3. The van der Waals surface area contributed by atoms with Crippen molar-refractivity contribution in [3.63, 3.8) is 0 Å². The Kier molecular flexibility index (Phi) is 12.4. The molecule has 1 aromatic heterocycles. The normalized spacial score (nSPS) is 10.7. The Morgan fingerprint density at radius 2 is 2.00 bits per heavy atom. The van der Waals surface area contributed by atoms with E-state index in [2.05, 4.69) is 27.9 Å². The number of thiophene rings is 1. The average molecular weight is 424 g/mol. The van der Waals surface area contributed by atoms with Gasteiger partial charge in [-0.25, -0.2) is 0 Å². The minimum absolute atomic E-state index is 0. The molecule has 0 saturated heterocycles. The molecule has 120 valence electrons. The fourth-order valence-electron chi connectivity index (χ4n) is 1.56. The summed E-state index contributed by atoms with van der Waals surface area (Å²) >= 11 is 1.46. The first kappa shape index (κ1) is 20.2. The second kappa shape index (κ2) is 12.9. The quantitative estimate of drug-likeness (QED) is 0.260. The van der Waals surface area contributed by atoms with Gasteiger partial charge in [0, 0.05) is 26.2 Å². The second-order valence-electron chi connectivity index (χ2n) is 4.27. The smallest absolute Gasteiger partial charge is 0.261 e. The summed E-state index contributed by atoms with van der Waals surface area (Å²) in [5.41, 5.74) is 0. The van der Waals surface area contributed by atoms with Crippen molar-refractivity contribution in [2.45, 2.75) is 26.7 Å². The monoisotopic (exact) mass is 424 g/mol. The van der Waals surface area contributed by atoms with E-state index in [1.54, 1.807) is 0 Å². The molecule has 0 aliphatic carbocycles. The van der Waals surface area contributed by atoms with E-state index in [1.807, 2.05) is 24.4 Å². The van der Waals surface area contributed by atoms with E-state index in [9.17, 15) is 4.79 Å². The van der Waals surface area contributed by atoms with Crippen molar-refractivity contribution in [2.75, 3.05) is 26.2 Å². The van der Waals surface area contributed by atoms with Crippen LogP contribution in [-0.4, -0.2) is 38.0 Å². The Bertz CT molecular complexity index is 409. The summed E-state index contributed by atoms with van der Waals surface area (Å²) in [5.74, 6) is 0.852. The van der Waals surface area contributed by atoms with Crippen LogP contribution in [-0.2, 0) is 0 Å². The van der Waals surface area contributed by atoms with Gasteiger partial charge in [-0.15, -0.1) is 35.3 Å². The number of nitrogens with one attached hydrogen (secondary N) is 3. The van der Waals surface area contributed by atoms with Crippen molar-refractivity contribution in [1.29, 1.82) is 0 Å². The van der Waals surface area contributed by atoms with Crippen LogP contribution in [0.15, 0.2) is 22.5 Å². The maximum Gasteiger partial charge on any atom is 0.261 e. The fourth-order valence-corrected chi connectivity index (χ4v) is 2.20. The SMILES string of the molecule is CCCN=C(NCC)NCCCNC(=O)c1cccs1.I. The van der Waals surface area contributed by atoms with Gasteiger partial charge in [-0.3, -0.25) is 9.79 Å². The summed E-state index contributed by atoms with van der Waals surface area (Å²) < 4.78 is 0. The van der Waals surface area contributed by atoms with Crippen molar-refractivity contribution < 1.29 is 4.79 Å². The molecule has 1 heterocycles. The largest absolute Gasteiger partial charge is 0.357 e. The number of aliphatic imine (C=N–C) groups is 1. The highest BCUT2D eigenvalue weighted by molar-refractivity contribution is 14.0. The highest BCUT2D eigenvalue weighted by atomic mass is 127. The third kappa shape index (κ3) is 8.92. The zero-order chi connectivity index (χ0) is 14.6. The van der Waals surface area contributed by atoms with Gasteiger partial charge in [0.1, 0.15) is 0 Å². The minimum atomic E-state index is 0. The number of carbonyl (C=O) groups excluding carboxylic acids is 1. The average Bonchev–Trinajstić information content (AvgIpc) is 2.98. The van der Waals surface area contributed by atoms with Crippen LogP contribution in [0.5, 0.6) is 0 Å². The molecule has 0 bridgehead atoms. The van der Waals surface area contributed by atoms with Gasteiger partial charge >= 0.3 is 0 Å². The first-order valence-electron chi connectivity index (χ1n) is 7.11. The Morgan fingerprint density at radius 3 is 2.62 bits per heavy atom. The number of guanidine groups is 1. The molecule has 0 atom stereocenters. The third-order valence-electron chi connectivity index (χ3n) is 2.51. The molecule has 0 aliphatic rings. The molecule has 0 fully saturated rings. The van der Waals surface area contributed by atoms with Crippen LogP contribution in [0, 0.1) is 0 Å². The van der Waals surface area contributed by atoms with Crippen LogP contribution in [0.25, 0.3) is 0 Å². The molecule has 3 N–H and O–H groups in total. The van der Waals surface area contributed by atoms with Crippen LogP contribution in [0.2, 0.25) is 0 Å². The van der Waals surface area contributed by atoms with Crippen LogP contribution in [0.3, 0.4) is 0 Å². The van der Waals surface area contributed by atoms with E-state index in [0.29, 0.717) is 6.54 Å². The summed E-state index contributed by atoms with van der Waals surface area (Å²) in [6.07, 6.45) is 1.90. The summed E-state index contributed by atoms with van der Waals surface area (Å²) in [6, 6.07) is 3.72. The minimum Gasteiger partial charge on any atom is -0.357 e. The lowest BCUT2D eigenvalue weighted by atomic mass is 10.4. The molecule has 0 aromatic carbocycles. The molecule has 5 nitrogen and oxygen atoms in total. The van der Waals surface area contributed by atoms with Crippen molar-refractivity contribution in [2.24, 2.45) is 4.99 Å². The van der Waals surface area contributed by atoms with Crippen LogP contribution in [0.4, 0.5) is 0 Å². The molecule has 1 aromatic rings. The standard InChI is InChI=1S/C14H24N4OS.HI/c1-3-8-17-14(15-4-2)18-10-6-9-16-13(19)12-7-5-11-20-12;/h5,7,11H,3-4,6,8-10H2,1-2H3,(H,16,19)(H2,15,17,18);1H. The van der Waals surface area contributed by atoms with Crippen LogP contribution >= 0.6 is 35.3 Å². The molecule has 21 heavy (non-hydrogen) atoms. The van der Waals surface area contributed by atoms with Crippen molar-refractivity contribution in [3.05, 3.63) is 22.4 Å². The van der Waals surface area contributed by atoms with E-state index in [1.165, 1.54) is 11.3 Å². The molecular weight excluding hydrogens is 399 g/mol. The highest BCUT2D eigenvalue weighted by Gasteiger charge is 2.04. The Morgan fingerprint density at radius 1 is 1.24 bits per heavy atom. The molecule has 0 aliphatic heterocycles. The number of nitrogens with zero attached hydrogens (tertiary/aromatic N) is 1. The fraction of sp³-hybridized carbons (Fsp3) is 0.571. The predicted molar refractivity (Wildman–Crippen MR) is 101 cm³/mol. The maximum atomic E-state index is 11.7. The lowest BCUT2D eigenvalue weighted by Gasteiger charge is -2.11. The second-order valence-corrected chi connectivity index (χ2v) is 5.22. The van der Waals surface area contributed by atoms with Gasteiger partial charge in [-0.05, 0) is 31.2 Å². The molecule has 0 spiro atoms. The topological polar surface area (TPSA) is 65.5 Å². The van der Waals surface area contributed by atoms with E-state index in [-0.39, 0.29) is 29.9 Å². The highest BCUT2D eigenvalue weighted by Crippen LogP contribution is 2.07. The Balaban J connectivity index is 0.00000400. The Hall–Kier alpha value is -0.830. The first-order valence-corrected chi connectivity index (χ1v) is 7.99. The molecule has 0 radical (unpaired) electrons. The molecule has 1 rings (SSSR count). The van der Waals surface area contributed by atoms with Gasteiger partial charge in [0.25, 0.3) is 5.91 Å². The van der Waals surface area contributed by atoms with E-state index >= 15 is 0 Å². The van der Waals surface area contributed by atoms with E-state index in [0.717, 1.165) is 43.3 Å². The van der Waals surface area contributed by atoms with Gasteiger partial charge in [-0.1, -0.05) is 13.0 Å². The van der Waals surface area contributed by atoms with Crippen molar-refractivity contribution >= 4 is 47.2 Å². The van der Waals surface area contributed by atoms with Gasteiger partial charge in [0.2, 0.25) is 0 Å². The Labute approximate surface area is 148 Å². The van der Waals surface area contributed by atoms with Gasteiger partial charge in [-0.2, -0.15) is 0 Å². The van der Waals surface area contributed by atoms with Crippen LogP contribution < -0.4 is 16.0 Å². The number of halogens is 1. The van der Waals surface area contributed by atoms with Gasteiger partial charge < -0.3 is 16.0 Å². The van der Waals surface area contributed by atoms with E-state index in [4.69, 9.17) is 0 Å². The van der Waals surface area contributed by atoms with Gasteiger partial charge in [0.05, 0.1) is 4.88 Å². The zero-order valence-electron chi connectivity index (χ0n) is 12.6. The van der Waals surface area contributed by atoms with Crippen molar-refractivity contribution in [1.82, 2.24) is 16.0 Å². The zero-order valence-corrected chi connectivity index (χ0v) is 15.8. The molecule has 1 amide bonds. The number of hydrogen-bond acceptors (Lipinski definition) is 3. The number of rotatable bonds is 8. The summed E-state index contributed by atoms with van der Waals surface area (Å²) in [6.45, 7) is 7.28. The summed E-state index contributed by atoms with van der Waals surface area (Å²) in [4.78, 5) is 16.9. The predicted octanol–water partition coefficient (Wildman–Crippen LogP) is 2.45. The van der Waals surface area contributed by atoms with Crippen LogP contribution in [0.1, 0.15) is 36.4 Å². The third-order valence-corrected chi connectivity index (χ3v) is 3.38. The van der Waals surface area contributed by atoms with E-state index < -0.39 is 0 Å². The molecular formula is C14H25IN4OS. The molecule has 7 heteroatoms. The lowest BCUT2D eigenvalue weighted by Crippen LogP contribution is -2.38.